The second-order valence-corrected chi connectivity index (χ2v) is 5.54. The van der Waals surface area contributed by atoms with Crippen LogP contribution in [0.25, 0.3) is 11.1 Å². The monoisotopic (exact) mass is 355 g/mol. The maximum Gasteiger partial charge on any atom is 0.160 e. The van der Waals surface area contributed by atoms with Crippen molar-refractivity contribution in [2.75, 3.05) is 13.1 Å². The van der Waals surface area contributed by atoms with Crippen LogP contribution in [0.1, 0.15) is 36.7 Å². The van der Waals surface area contributed by atoms with Crippen LogP contribution in [0.4, 0.5) is 14.5 Å². The Morgan fingerprint density at radius 3 is 2.46 bits per heavy atom. The van der Waals surface area contributed by atoms with Crippen LogP contribution in [0.3, 0.4) is 0 Å². The predicted molar refractivity (Wildman–Crippen MR) is 97.2 cm³/mol. The fourth-order valence-electron chi connectivity index (χ4n) is 2.55. The van der Waals surface area contributed by atoms with Gasteiger partial charge in [0.1, 0.15) is 17.3 Å². The minimum Gasteiger partial charge on any atom is -0.294 e. The molecular formula is C20H19F2N3O. The molecule has 0 aromatic heterocycles. The third-order valence-electron chi connectivity index (χ3n) is 3.89. The van der Waals surface area contributed by atoms with E-state index in [0.29, 0.717) is 18.7 Å². The number of hydrogen-bond donors (Lipinski definition) is 0. The highest BCUT2D eigenvalue weighted by molar-refractivity contribution is 6.04. The van der Waals surface area contributed by atoms with E-state index in [9.17, 15) is 13.6 Å². The Morgan fingerprint density at radius 2 is 1.92 bits per heavy atom. The summed E-state index contributed by atoms with van der Waals surface area (Å²) in [5.41, 5.74) is 0.628. The molecule has 0 aliphatic heterocycles. The largest absolute Gasteiger partial charge is 0.294 e. The molecule has 0 amide bonds. The Labute approximate surface area is 151 Å². The number of halogens is 2. The van der Waals surface area contributed by atoms with E-state index in [1.807, 2.05) is 13.8 Å². The lowest BCUT2D eigenvalue weighted by Crippen LogP contribution is -2.14. The number of carbonyl (C=O) groups is 1. The lowest BCUT2D eigenvalue weighted by molar-refractivity contribution is 0.101. The van der Waals surface area contributed by atoms with Crippen LogP contribution in [0.2, 0.25) is 0 Å². The molecule has 2 aromatic carbocycles. The molecule has 0 bridgehead atoms. The first-order chi connectivity index (χ1) is 12.4. The number of terminal acetylenes is 1. The van der Waals surface area contributed by atoms with Gasteiger partial charge in [-0.05, 0) is 44.5 Å². The molecule has 2 rings (SSSR count). The molecule has 6 heteroatoms. The van der Waals surface area contributed by atoms with Gasteiger partial charge in [-0.3, -0.25) is 9.80 Å². The van der Waals surface area contributed by atoms with Gasteiger partial charge in [0.05, 0.1) is 5.56 Å². The Morgan fingerprint density at radius 1 is 1.23 bits per heavy atom. The quantitative estimate of drug-likeness (QED) is 0.311. The zero-order chi connectivity index (χ0) is 19.3. The number of ketones is 1. The Bertz CT molecular complexity index is 897. The maximum atomic E-state index is 14.5. The van der Waals surface area contributed by atoms with Crippen LogP contribution in [0.5, 0.6) is 0 Å². The molecule has 0 spiro atoms. The van der Waals surface area contributed by atoms with E-state index < -0.39 is 11.6 Å². The number of rotatable bonds is 6. The maximum absolute atomic E-state index is 14.5. The summed E-state index contributed by atoms with van der Waals surface area (Å²) in [7, 11) is 0. The lowest BCUT2D eigenvalue weighted by atomic mass is 9.92. The normalized spacial score (nSPS) is 10.8. The average Bonchev–Trinajstić information content (AvgIpc) is 2.62. The molecule has 0 saturated carbocycles. The molecule has 0 saturated heterocycles. The van der Waals surface area contributed by atoms with E-state index in [4.69, 9.17) is 6.42 Å². The number of nitrogens with zero attached hydrogens (tertiary/aromatic N) is 3. The molecule has 0 aliphatic carbocycles. The summed E-state index contributed by atoms with van der Waals surface area (Å²) in [5, 5.41) is 9.85. The second kappa shape index (κ2) is 8.34. The molecule has 134 valence electrons. The molecule has 4 nitrogen and oxygen atoms in total. The van der Waals surface area contributed by atoms with Gasteiger partial charge in [0.15, 0.2) is 5.78 Å². The van der Waals surface area contributed by atoms with Gasteiger partial charge < -0.3 is 0 Å². The first-order valence-electron chi connectivity index (χ1n) is 8.19. The first-order valence-corrected chi connectivity index (χ1v) is 8.19. The van der Waals surface area contributed by atoms with Crippen LogP contribution >= 0.6 is 0 Å². The van der Waals surface area contributed by atoms with Gasteiger partial charge in [0.25, 0.3) is 0 Å². The highest BCUT2D eigenvalue weighted by atomic mass is 19.1. The highest BCUT2D eigenvalue weighted by Gasteiger charge is 2.21. The van der Waals surface area contributed by atoms with Gasteiger partial charge in [-0.1, -0.05) is 23.3 Å². The molecule has 0 atom stereocenters. The van der Waals surface area contributed by atoms with E-state index in [2.05, 4.69) is 16.3 Å². The molecular weight excluding hydrogens is 336 g/mol. The zero-order valence-corrected chi connectivity index (χ0v) is 14.9. The van der Waals surface area contributed by atoms with E-state index >= 15 is 0 Å². The van der Waals surface area contributed by atoms with Crippen LogP contribution < -0.4 is 0 Å². The van der Waals surface area contributed by atoms with Gasteiger partial charge in [-0.25, -0.2) is 8.78 Å². The fraction of sp³-hybridized carbons (Fsp3) is 0.250. The molecule has 0 fully saturated rings. The van der Waals surface area contributed by atoms with Crippen molar-refractivity contribution >= 4 is 11.5 Å². The van der Waals surface area contributed by atoms with Crippen LogP contribution in [0.15, 0.2) is 40.7 Å². The van der Waals surface area contributed by atoms with Crippen molar-refractivity contribution in [1.29, 1.82) is 0 Å². The molecule has 0 unspecified atom stereocenters. The summed E-state index contributed by atoms with van der Waals surface area (Å²) in [5.74, 6) is 0.644. The van der Waals surface area contributed by atoms with Crippen LogP contribution in [-0.2, 0) is 0 Å². The van der Waals surface area contributed by atoms with Crippen LogP contribution in [0, 0.1) is 24.0 Å². The lowest BCUT2D eigenvalue weighted by Gasteiger charge is -2.15. The van der Waals surface area contributed by atoms with Crippen molar-refractivity contribution in [3.8, 4) is 23.5 Å². The Balaban J connectivity index is 2.85. The molecule has 26 heavy (non-hydrogen) atoms. The smallest absolute Gasteiger partial charge is 0.160 e. The van der Waals surface area contributed by atoms with Crippen LogP contribution in [-0.4, -0.2) is 23.9 Å². The van der Waals surface area contributed by atoms with E-state index in [-0.39, 0.29) is 28.2 Å². The standard InChI is InChI=1S/C20H19F2N3O/c1-5-16-18(22)12-17(13(4)26)19(14-9-8-10-15(21)11-14)20(16)23-24-25(6-2)7-3/h1,8-12H,6-7H2,2-4H3/b24-23+. The second-order valence-electron chi connectivity index (χ2n) is 5.54. The molecule has 0 N–H and O–H groups in total. The third-order valence-corrected chi connectivity index (χ3v) is 3.89. The summed E-state index contributed by atoms with van der Waals surface area (Å²) in [4.78, 5) is 12.1. The number of Topliss-reactive ketones (excluding diaryl/α,β-unsaturated/α-hetero) is 1. The SMILES string of the molecule is C#Cc1c(F)cc(C(C)=O)c(-c2cccc(F)c2)c1/N=N/N(CC)CC. The summed E-state index contributed by atoms with van der Waals surface area (Å²) < 4.78 is 28.2. The highest BCUT2D eigenvalue weighted by Crippen LogP contribution is 2.39. The number of benzene rings is 2. The average molecular weight is 355 g/mol. The Kier molecular flexibility index (Phi) is 6.18. The van der Waals surface area contributed by atoms with E-state index in [0.717, 1.165) is 6.07 Å². The fourth-order valence-corrected chi connectivity index (χ4v) is 2.55. The van der Waals surface area contributed by atoms with E-state index in [1.165, 1.54) is 25.1 Å². The van der Waals surface area contributed by atoms with Crippen molar-refractivity contribution in [1.82, 2.24) is 5.01 Å². The minimum absolute atomic E-state index is 0.0372. The number of hydrogen-bond acceptors (Lipinski definition) is 3. The molecule has 0 heterocycles. The zero-order valence-electron chi connectivity index (χ0n) is 14.9. The van der Waals surface area contributed by atoms with Crippen molar-refractivity contribution in [3.05, 3.63) is 53.1 Å². The van der Waals surface area contributed by atoms with Gasteiger partial charge in [-0.2, -0.15) is 0 Å². The summed E-state index contributed by atoms with van der Waals surface area (Å²) in [6, 6.07) is 6.70. The van der Waals surface area contributed by atoms with Crippen molar-refractivity contribution in [2.24, 2.45) is 10.3 Å². The molecule has 2 aromatic rings. The molecule has 0 aliphatic rings. The predicted octanol–water partition coefficient (Wildman–Crippen LogP) is 5.16. The van der Waals surface area contributed by atoms with Gasteiger partial charge in [-0.15, -0.1) is 11.5 Å². The minimum atomic E-state index is -0.744. The Hall–Kier alpha value is -3.07. The molecule has 0 radical (unpaired) electrons. The van der Waals surface area contributed by atoms with Crippen molar-refractivity contribution < 1.29 is 13.6 Å². The van der Waals surface area contributed by atoms with Gasteiger partial charge >= 0.3 is 0 Å². The number of carbonyl (C=O) groups excluding carboxylic acids is 1. The third kappa shape index (κ3) is 3.94. The first kappa shape index (κ1) is 19.3. The van der Waals surface area contributed by atoms with E-state index in [1.54, 1.807) is 11.1 Å². The summed E-state index contributed by atoms with van der Waals surface area (Å²) in [6.07, 6.45) is 5.46. The van der Waals surface area contributed by atoms with Crippen molar-refractivity contribution in [3.63, 3.8) is 0 Å². The van der Waals surface area contributed by atoms with Gasteiger partial charge in [0.2, 0.25) is 0 Å². The summed E-state index contributed by atoms with van der Waals surface area (Å²) in [6.45, 7) is 6.28. The summed E-state index contributed by atoms with van der Waals surface area (Å²) >= 11 is 0. The van der Waals surface area contributed by atoms with Crippen molar-refractivity contribution in [2.45, 2.75) is 20.8 Å². The topological polar surface area (TPSA) is 45.0 Å². The van der Waals surface area contributed by atoms with Gasteiger partial charge in [0, 0.05) is 24.2 Å².